The molecule has 3 nitrogen and oxygen atoms in total. The van der Waals surface area contributed by atoms with Gasteiger partial charge in [0.15, 0.2) is 0 Å². The molecule has 3 aliphatic carbocycles. The lowest BCUT2D eigenvalue weighted by Crippen LogP contribution is -2.66. The van der Waals surface area contributed by atoms with Crippen LogP contribution in [0.3, 0.4) is 0 Å². The predicted octanol–water partition coefficient (Wildman–Crippen LogP) is 2.51. The van der Waals surface area contributed by atoms with E-state index in [2.05, 4.69) is 33.4 Å². The molecule has 2 bridgehead atoms. The molecule has 0 unspecified atom stereocenters. The molecule has 18 heavy (non-hydrogen) atoms. The summed E-state index contributed by atoms with van der Waals surface area (Å²) in [6.45, 7) is 2.02. The van der Waals surface area contributed by atoms with Crippen LogP contribution in [0.25, 0.3) is 0 Å². The highest BCUT2D eigenvalue weighted by Gasteiger charge is 2.67. The molecule has 0 radical (unpaired) electrons. The second-order valence-electron chi connectivity index (χ2n) is 5.67. The Balaban J connectivity index is 2.11. The summed E-state index contributed by atoms with van der Waals surface area (Å²) in [5, 5.41) is 0. The average Bonchev–Trinajstić information content (AvgIpc) is 2.23. The summed E-state index contributed by atoms with van der Waals surface area (Å²) in [5.74, 6) is 0. The normalized spacial score (nSPS) is 33.7. The lowest BCUT2D eigenvalue weighted by molar-refractivity contribution is 0.0194. The van der Waals surface area contributed by atoms with E-state index in [1.165, 1.54) is 7.05 Å². The fraction of sp³-hybridized carbons (Fsp3) is 0.538. The van der Waals surface area contributed by atoms with Crippen molar-refractivity contribution in [3.63, 3.8) is 0 Å². The average molecular weight is 377 g/mol. The Morgan fingerprint density at radius 2 is 1.89 bits per heavy atom. The van der Waals surface area contributed by atoms with Crippen molar-refractivity contribution in [3.05, 3.63) is 29.3 Å². The number of aryl methyl sites for hydroxylation is 1. The van der Waals surface area contributed by atoms with E-state index in [4.69, 9.17) is 0 Å². The Labute approximate surface area is 122 Å². The van der Waals surface area contributed by atoms with Gasteiger partial charge in [0.2, 0.25) is 10.0 Å². The van der Waals surface area contributed by atoms with Gasteiger partial charge in [-0.25, -0.2) is 13.1 Å². The molecule has 0 spiro atoms. The van der Waals surface area contributed by atoms with Crippen LogP contribution < -0.4 is 4.72 Å². The third-order valence-electron chi connectivity index (χ3n) is 4.23. The monoisotopic (exact) mass is 377 g/mol. The van der Waals surface area contributed by atoms with Gasteiger partial charge in [-0.1, -0.05) is 40.3 Å². The molecule has 3 aliphatic rings. The maximum Gasteiger partial charge on any atom is 0.240 e. The van der Waals surface area contributed by atoms with Crippen LogP contribution in [-0.2, 0) is 15.4 Å². The second kappa shape index (κ2) is 3.70. The molecule has 1 aromatic carbocycles. The van der Waals surface area contributed by atoms with Gasteiger partial charge in [0.25, 0.3) is 0 Å². The number of hydrogen-bond donors (Lipinski definition) is 1. The maximum absolute atomic E-state index is 12.1. The molecule has 3 fully saturated rings. The fourth-order valence-corrected chi connectivity index (χ4v) is 6.57. The van der Waals surface area contributed by atoms with Crippen LogP contribution >= 0.6 is 22.6 Å². The van der Waals surface area contributed by atoms with Crippen LogP contribution in [0.5, 0.6) is 0 Å². The van der Waals surface area contributed by atoms with Crippen molar-refractivity contribution in [2.75, 3.05) is 7.05 Å². The third kappa shape index (κ3) is 1.67. The first kappa shape index (κ1) is 12.9. The van der Waals surface area contributed by atoms with Gasteiger partial charge in [0.1, 0.15) is 0 Å². The van der Waals surface area contributed by atoms with Crippen LogP contribution in [0.1, 0.15) is 30.4 Å². The molecule has 0 heterocycles. The first-order chi connectivity index (χ1) is 8.30. The third-order valence-corrected chi connectivity index (χ3v) is 6.85. The lowest BCUT2D eigenvalue weighted by atomic mass is 9.42. The van der Waals surface area contributed by atoms with E-state index < -0.39 is 10.0 Å². The highest BCUT2D eigenvalue weighted by molar-refractivity contribution is 14.1. The van der Waals surface area contributed by atoms with E-state index in [0.29, 0.717) is 8.32 Å². The van der Waals surface area contributed by atoms with Crippen molar-refractivity contribution < 1.29 is 8.42 Å². The highest BCUT2D eigenvalue weighted by Crippen LogP contribution is 2.72. The molecule has 3 saturated carbocycles. The van der Waals surface area contributed by atoms with Crippen molar-refractivity contribution in [1.82, 2.24) is 4.72 Å². The first-order valence-corrected chi connectivity index (χ1v) is 8.60. The number of alkyl halides is 1. The van der Waals surface area contributed by atoms with E-state index in [1.807, 2.05) is 13.0 Å². The zero-order chi connectivity index (χ0) is 13.2. The Morgan fingerprint density at radius 3 is 2.39 bits per heavy atom. The number of benzene rings is 1. The van der Waals surface area contributed by atoms with Crippen molar-refractivity contribution in [3.8, 4) is 0 Å². The largest absolute Gasteiger partial charge is 0.240 e. The van der Waals surface area contributed by atoms with Gasteiger partial charge in [-0.2, -0.15) is 0 Å². The van der Waals surface area contributed by atoms with Crippen molar-refractivity contribution >= 4 is 32.6 Å². The molecule has 1 aromatic rings. The minimum absolute atomic E-state index is 0.131. The summed E-state index contributed by atoms with van der Waals surface area (Å²) >= 11 is 2.52. The molecule has 5 heteroatoms. The molecule has 4 rings (SSSR count). The number of hydrogen-bond acceptors (Lipinski definition) is 2. The summed E-state index contributed by atoms with van der Waals surface area (Å²) in [7, 11) is -1.88. The van der Waals surface area contributed by atoms with Gasteiger partial charge in [-0.15, -0.1) is 0 Å². The molecule has 0 atom stereocenters. The first-order valence-electron chi connectivity index (χ1n) is 6.04. The van der Waals surface area contributed by atoms with Gasteiger partial charge in [-0.05, 0) is 44.9 Å². The van der Waals surface area contributed by atoms with Crippen LogP contribution in [-0.4, -0.2) is 18.9 Å². The minimum Gasteiger partial charge on any atom is -0.214 e. The fourth-order valence-electron chi connectivity index (χ4n) is 3.35. The molecule has 0 amide bonds. The second-order valence-corrected chi connectivity index (χ2v) is 9.81. The topological polar surface area (TPSA) is 46.2 Å². The van der Waals surface area contributed by atoms with Crippen molar-refractivity contribution in [1.29, 1.82) is 0 Å². The molecule has 0 aliphatic heterocycles. The lowest BCUT2D eigenvalue weighted by Gasteiger charge is -2.68. The van der Waals surface area contributed by atoms with Gasteiger partial charge in [0.05, 0.1) is 4.90 Å². The van der Waals surface area contributed by atoms with Crippen LogP contribution in [0.2, 0.25) is 0 Å². The summed E-state index contributed by atoms with van der Waals surface area (Å²) in [6, 6.07) is 5.68. The van der Waals surface area contributed by atoms with Crippen LogP contribution in [0.4, 0.5) is 0 Å². The molecule has 0 aromatic heterocycles. The summed E-state index contributed by atoms with van der Waals surface area (Å²) < 4.78 is 27.1. The number of sulfonamides is 1. The summed E-state index contributed by atoms with van der Waals surface area (Å²) in [5.41, 5.74) is 2.29. The van der Waals surface area contributed by atoms with Crippen molar-refractivity contribution in [2.45, 2.75) is 39.9 Å². The number of nitrogens with one attached hydrogen (secondary N) is 1. The quantitative estimate of drug-likeness (QED) is 0.650. The molecule has 1 N–H and O–H groups in total. The van der Waals surface area contributed by atoms with Crippen molar-refractivity contribution in [2.24, 2.45) is 0 Å². The van der Waals surface area contributed by atoms with Crippen LogP contribution in [0.15, 0.2) is 23.1 Å². The zero-order valence-electron chi connectivity index (χ0n) is 10.5. The Kier molecular flexibility index (Phi) is 2.65. The van der Waals surface area contributed by atoms with Gasteiger partial charge >= 0.3 is 0 Å². The smallest absolute Gasteiger partial charge is 0.214 e. The summed E-state index contributed by atoms with van der Waals surface area (Å²) in [6.07, 6.45) is 3.36. The number of rotatable bonds is 3. The molecule has 0 saturated heterocycles. The summed E-state index contributed by atoms with van der Waals surface area (Å²) in [4.78, 5) is 0.466. The Morgan fingerprint density at radius 1 is 1.28 bits per heavy atom. The standard InChI is InChI=1S/C13H16INO2S/c1-9-3-4-11(18(16,17)15-2)10(5-9)12-6-13(14,7-12)8-12/h3-5,15H,6-8H2,1-2H3. The van der Waals surface area contributed by atoms with E-state index in [-0.39, 0.29) is 5.41 Å². The van der Waals surface area contributed by atoms with Gasteiger partial charge < -0.3 is 0 Å². The Hall–Kier alpha value is -0.140. The zero-order valence-corrected chi connectivity index (χ0v) is 13.4. The van der Waals surface area contributed by atoms with Gasteiger partial charge in [-0.3, -0.25) is 0 Å². The predicted molar refractivity (Wildman–Crippen MR) is 79.7 cm³/mol. The SMILES string of the molecule is CNS(=O)(=O)c1ccc(C)cc1C12CC(I)(C1)C2. The molecular formula is C13H16INO2S. The molecular weight excluding hydrogens is 361 g/mol. The van der Waals surface area contributed by atoms with E-state index in [1.54, 1.807) is 6.07 Å². The number of halogens is 1. The molecule has 98 valence electrons. The highest BCUT2D eigenvalue weighted by atomic mass is 127. The van der Waals surface area contributed by atoms with Crippen LogP contribution in [0, 0.1) is 6.92 Å². The van der Waals surface area contributed by atoms with Gasteiger partial charge in [0, 0.05) is 8.84 Å². The maximum atomic E-state index is 12.1. The van der Waals surface area contributed by atoms with E-state index >= 15 is 0 Å². The Bertz CT molecular complexity index is 604. The van der Waals surface area contributed by atoms with E-state index in [9.17, 15) is 8.42 Å². The van der Waals surface area contributed by atoms with E-state index in [0.717, 1.165) is 30.4 Å². The minimum atomic E-state index is -3.35.